The molecule has 1 aliphatic rings. The SMILES string of the molecule is COCCNC(=O)N1CCc2cc(S(=O)(=O)Nc3cc(C)cc(C)c3)ccc21. The number of ether oxygens (including phenoxy) is 1. The molecule has 1 heterocycles. The number of urea groups is 1. The average molecular weight is 404 g/mol. The highest BCUT2D eigenvalue weighted by Gasteiger charge is 2.26. The second-order valence-corrected chi connectivity index (χ2v) is 8.58. The Labute approximate surface area is 165 Å². The smallest absolute Gasteiger partial charge is 0.321 e. The van der Waals surface area contributed by atoms with Gasteiger partial charge in [0.05, 0.1) is 11.5 Å². The Kier molecular flexibility index (Phi) is 5.90. The number of aryl methyl sites for hydroxylation is 2. The highest BCUT2D eigenvalue weighted by molar-refractivity contribution is 7.92. The molecule has 0 aliphatic carbocycles. The number of nitrogens with one attached hydrogen (secondary N) is 2. The van der Waals surface area contributed by atoms with Gasteiger partial charge in [-0.05, 0) is 67.3 Å². The molecule has 1 aliphatic heterocycles. The summed E-state index contributed by atoms with van der Waals surface area (Å²) in [5, 5.41) is 2.79. The molecule has 0 bridgehead atoms. The molecule has 0 radical (unpaired) electrons. The van der Waals surface area contributed by atoms with Crippen LogP contribution in [0, 0.1) is 13.8 Å². The van der Waals surface area contributed by atoms with Crippen LogP contribution in [0.3, 0.4) is 0 Å². The number of methoxy groups -OCH3 is 1. The molecule has 2 aromatic carbocycles. The molecule has 2 amide bonds. The molecular formula is C20H25N3O4S. The molecule has 0 unspecified atom stereocenters. The standard InChI is InChI=1S/C20H25N3O4S/c1-14-10-15(2)12-17(11-14)22-28(25,26)18-4-5-19-16(13-18)6-8-23(19)20(24)21-7-9-27-3/h4-5,10-13,22H,6-9H2,1-3H3,(H,21,24). The molecular weight excluding hydrogens is 378 g/mol. The fraction of sp³-hybridized carbons (Fsp3) is 0.350. The number of benzene rings is 2. The van der Waals surface area contributed by atoms with E-state index in [1.165, 1.54) is 6.07 Å². The maximum Gasteiger partial charge on any atom is 0.321 e. The minimum Gasteiger partial charge on any atom is -0.383 e. The zero-order chi connectivity index (χ0) is 20.3. The molecule has 8 heteroatoms. The molecule has 0 spiro atoms. The van der Waals surface area contributed by atoms with Crippen molar-refractivity contribution >= 4 is 27.4 Å². The first kappa shape index (κ1) is 20.2. The molecule has 28 heavy (non-hydrogen) atoms. The Hall–Kier alpha value is -2.58. The number of sulfonamides is 1. The number of nitrogens with zero attached hydrogens (tertiary/aromatic N) is 1. The molecule has 0 saturated heterocycles. The van der Waals surface area contributed by atoms with Gasteiger partial charge in [-0.2, -0.15) is 0 Å². The maximum absolute atomic E-state index is 12.8. The van der Waals surface area contributed by atoms with Crippen molar-refractivity contribution in [3.63, 3.8) is 0 Å². The number of carbonyl (C=O) groups is 1. The van der Waals surface area contributed by atoms with E-state index in [9.17, 15) is 13.2 Å². The second kappa shape index (κ2) is 8.20. The predicted octanol–water partition coefficient (Wildman–Crippen LogP) is 2.82. The Morgan fingerprint density at radius 3 is 2.54 bits per heavy atom. The first-order valence-electron chi connectivity index (χ1n) is 9.08. The first-order chi connectivity index (χ1) is 13.3. The number of hydrogen-bond donors (Lipinski definition) is 2. The van der Waals surface area contributed by atoms with Crippen LogP contribution in [0.2, 0.25) is 0 Å². The van der Waals surface area contributed by atoms with Crippen LogP contribution in [-0.4, -0.2) is 41.3 Å². The van der Waals surface area contributed by atoms with Crippen LogP contribution in [0.4, 0.5) is 16.2 Å². The van der Waals surface area contributed by atoms with Crippen molar-refractivity contribution in [3.8, 4) is 0 Å². The van der Waals surface area contributed by atoms with E-state index in [0.29, 0.717) is 31.8 Å². The van der Waals surface area contributed by atoms with Crippen LogP contribution in [0.15, 0.2) is 41.3 Å². The summed E-state index contributed by atoms with van der Waals surface area (Å²) >= 11 is 0. The van der Waals surface area contributed by atoms with Crippen molar-refractivity contribution in [1.82, 2.24) is 5.32 Å². The third-order valence-electron chi connectivity index (χ3n) is 4.56. The topological polar surface area (TPSA) is 87.7 Å². The predicted molar refractivity (Wildman–Crippen MR) is 109 cm³/mol. The number of hydrogen-bond acceptors (Lipinski definition) is 4. The third-order valence-corrected chi connectivity index (χ3v) is 5.94. The number of carbonyl (C=O) groups excluding carboxylic acids is 1. The van der Waals surface area contributed by atoms with Gasteiger partial charge >= 0.3 is 6.03 Å². The van der Waals surface area contributed by atoms with E-state index in [4.69, 9.17) is 4.74 Å². The fourth-order valence-corrected chi connectivity index (χ4v) is 4.45. The van der Waals surface area contributed by atoms with Crippen LogP contribution in [0.1, 0.15) is 16.7 Å². The summed E-state index contributed by atoms with van der Waals surface area (Å²) in [6.07, 6.45) is 0.611. The normalized spacial score (nSPS) is 13.3. The van der Waals surface area contributed by atoms with E-state index in [2.05, 4.69) is 10.0 Å². The monoisotopic (exact) mass is 403 g/mol. The molecule has 0 saturated carbocycles. The average Bonchev–Trinajstić information content (AvgIpc) is 3.03. The zero-order valence-corrected chi connectivity index (χ0v) is 17.1. The van der Waals surface area contributed by atoms with Crippen molar-refractivity contribution in [2.24, 2.45) is 0 Å². The van der Waals surface area contributed by atoms with Gasteiger partial charge in [-0.25, -0.2) is 13.2 Å². The molecule has 3 rings (SSSR count). The Morgan fingerprint density at radius 2 is 1.86 bits per heavy atom. The third kappa shape index (κ3) is 4.45. The Bertz CT molecular complexity index is 969. The summed E-state index contributed by atoms with van der Waals surface area (Å²) in [5.41, 5.74) is 4.09. The number of anilines is 2. The van der Waals surface area contributed by atoms with Gasteiger partial charge in [0.2, 0.25) is 0 Å². The van der Waals surface area contributed by atoms with E-state index < -0.39 is 10.0 Å². The van der Waals surface area contributed by atoms with Crippen molar-refractivity contribution in [3.05, 3.63) is 53.1 Å². The highest BCUT2D eigenvalue weighted by atomic mass is 32.2. The summed E-state index contributed by atoms with van der Waals surface area (Å²) in [4.78, 5) is 14.1. The van der Waals surface area contributed by atoms with Gasteiger partial charge in [0.25, 0.3) is 10.0 Å². The summed E-state index contributed by atoms with van der Waals surface area (Å²) in [7, 11) is -2.13. The van der Waals surface area contributed by atoms with Gasteiger partial charge in [-0.15, -0.1) is 0 Å². The number of amides is 2. The quantitative estimate of drug-likeness (QED) is 0.726. The molecule has 0 fully saturated rings. The lowest BCUT2D eigenvalue weighted by Crippen LogP contribution is -2.40. The van der Waals surface area contributed by atoms with Crippen molar-refractivity contribution in [2.45, 2.75) is 25.2 Å². The van der Waals surface area contributed by atoms with Gasteiger partial charge in [0.15, 0.2) is 0 Å². The lowest BCUT2D eigenvalue weighted by molar-refractivity contribution is 0.197. The maximum atomic E-state index is 12.8. The van der Waals surface area contributed by atoms with Crippen molar-refractivity contribution in [2.75, 3.05) is 36.4 Å². The molecule has 150 valence electrons. The van der Waals surface area contributed by atoms with Crippen LogP contribution in [0.5, 0.6) is 0 Å². The van der Waals surface area contributed by atoms with Crippen LogP contribution >= 0.6 is 0 Å². The van der Waals surface area contributed by atoms with Gasteiger partial charge in [-0.3, -0.25) is 9.62 Å². The van der Waals surface area contributed by atoms with Gasteiger partial charge < -0.3 is 10.1 Å². The fourth-order valence-electron chi connectivity index (χ4n) is 3.36. The minimum atomic E-state index is -3.71. The van der Waals surface area contributed by atoms with E-state index in [1.54, 1.807) is 36.3 Å². The van der Waals surface area contributed by atoms with E-state index >= 15 is 0 Å². The second-order valence-electron chi connectivity index (χ2n) is 6.90. The largest absolute Gasteiger partial charge is 0.383 e. The minimum absolute atomic E-state index is 0.187. The Balaban J connectivity index is 1.79. The zero-order valence-electron chi connectivity index (χ0n) is 16.3. The first-order valence-corrected chi connectivity index (χ1v) is 10.6. The van der Waals surface area contributed by atoms with Crippen molar-refractivity contribution < 1.29 is 17.9 Å². The van der Waals surface area contributed by atoms with Gasteiger partial charge in [0.1, 0.15) is 0 Å². The molecule has 2 N–H and O–H groups in total. The number of fused-ring (bicyclic) bond motifs is 1. The lowest BCUT2D eigenvalue weighted by atomic mass is 10.1. The highest BCUT2D eigenvalue weighted by Crippen LogP contribution is 2.31. The van der Waals surface area contributed by atoms with Crippen LogP contribution in [0.25, 0.3) is 0 Å². The van der Waals surface area contributed by atoms with Gasteiger partial charge in [0, 0.05) is 31.6 Å². The Morgan fingerprint density at radius 1 is 1.14 bits per heavy atom. The summed E-state index contributed by atoms with van der Waals surface area (Å²) in [5.74, 6) is 0. The molecule has 0 atom stereocenters. The summed E-state index contributed by atoms with van der Waals surface area (Å²) in [6, 6.07) is 10.2. The summed E-state index contributed by atoms with van der Waals surface area (Å²) < 4.78 is 33.2. The van der Waals surface area contributed by atoms with Crippen LogP contribution in [-0.2, 0) is 21.2 Å². The van der Waals surface area contributed by atoms with Crippen molar-refractivity contribution in [1.29, 1.82) is 0 Å². The lowest BCUT2D eigenvalue weighted by Gasteiger charge is -2.18. The molecule has 7 nitrogen and oxygen atoms in total. The number of rotatable bonds is 6. The molecule has 2 aromatic rings. The van der Waals surface area contributed by atoms with Crippen LogP contribution < -0.4 is 14.9 Å². The van der Waals surface area contributed by atoms with Gasteiger partial charge in [-0.1, -0.05) is 6.07 Å². The van der Waals surface area contributed by atoms with E-state index in [1.807, 2.05) is 19.9 Å². The van der Waals surface area contributed by atoms with E-state index in [0.717, 1.165) is 22.4 Å². The summed E-state index contributed by atoms with van der Waals surface area (Å²) in [6.45, 7) is 5.22. The molecule has 0 aromatic heterocycles. The van der Waals surface area contributed by atoms with E-state index in [-0.39, 0.29) is 10.9 Å².